The van der Waals surface area contributed by atoms with Gasteiger partial charge < -0.3 is 5.11 Å². The van der Waals surface area contributed by atoms with E-state index in [9.17, 15) is 5.11 Å². The van der Waals surface area contributed by atoms with E-state index in [-0.39, 0.29) is 6.61 Å². The number of hydrogen-bond donors (Lipinski definition) is 1. The zero-order valence-electron chi connectivity index (χ0n) is 10.2. The van der Waals surface area contributed by atoms with Gasteiger partial charge in [0.2, 0.25) is 0 Å². The lowest BCUT2D eigenvalue weighted by Gasteiger charge is -2.10. The molecule has 2 nitrogen and oxygen atoms in total. The van der Waals surface area contributed by atoms with Gasteiger partial charge in [0.25, 0.3) is 0 Å². The first-order chi connectivity index (χ1) is 8.51. The highest BCUT2D eigenvalue weighted by Crippen LogP contribution is 2.28. The van der Waals surface area contributed by atoms with Crippen molar-refractivity contribution >= 4 is 23.2 Å². The van der Waals surface area contributed by atoms with Crippen molar-refractivity contribution in [1.29, 1.82) is 0 Å². The molecule has 0 radical (unpaired) electrons. The zero-order chi connectivity index (χ0) is 13.3. The topological polar surface area (TPSA) is 33.1 Å². The van der Waals surface area contributed by atoms with Crippen LogP contribution < -0.4 is 0 Å². The molecule has 0 saturated heterocycles. The van der Waals surface area contributed by atoms with Crippen molar-refractivity contribution in [2.75, 3.05) is 0 Å². The van der Waals surface area contributed by atoms with Gasteiger partial charge in [0.05, 0.1) is 12.3 Å². The van der Waals surface area contributed by atoms with Crippen LogP contribution in [0.15, 0.2) is 24.3 Å². The van der Waals surface area contributed by atoms with Gasteiger partial charge in [-0.25, -0.2) is 0 Å². The van der Waals surface area contributed by atoms with Gasteiger partial charge in [0.1, 0.15) is 0 Å². The Hall–Kier alpha value is -1.09. The molecule has 1 heterocycles. The van der Waals surface area contributed by atoms with Gasteiger partial charge in [-0.1, -0.05) is 23.2 Å². The second kappa shape index (κ2) is 5.27. The number of aliphatic hydroxyl groups excluding tert-OH is 1. The van der Waals surface area contributed by atoms with Gasteiger partial charge in [-0.05, 0) is 49.2 Å². The Bertz CT molecular complexity index is 576. The number of aromatic nitrogens is 1. The number of benzene rings is 1. The van der Waals surface area contributed by atoms with Crippen molar-refractivity contribution in [1.82, 2.24) is 4.98 Å². The molecule has 0 aliphatic rings. The van der Waals surface area contributed by atoms with E-state index in [4.69, 9.17) is 23.2 Å². The third-order valence-corrected chi connectivity index (χ3v) is 3.39. The summed E-state index contributed by atoms with van der Waals surface area (Å²) in [6, 6.07) is 7.17. The molecule has 0 saturated carbocycles. The number of rotatable bonds is 2. The average Bonchev–Trinajstić information content (AvgIpc) is 2.31. The maximum Gasteiger partial charge on any atom is 0.0710 e. The fraction of sp³-hybridized carbons (Fsp3) is 0.214. The molecule has 2 aromatic rings. The van der Waals surface area contributed by atoms with Crippen LogP contribution in [0.1, 0.15) is 16.8 Å². The number of aliphatic hydroxyl groups is 1. The molecule has 0 fully saturated rings. The second-order valence-electron chi connectivity index (χ2n) is 4.19. The molecule has 1 aromatic heterocycles. The molecule has 0 aliphatic heterocycles. The summed E-state index contributed by atoms with van der Waals surface area (Å²) in [6.07, 6.45) is 0. The summed E-state index contributed by atoms with van der Waals surface area (Å²) in [7, 11) is 0. The minimum Gasteiger partial charge on any atom is -0.392 e. The second-order valence-corrected chi connectivity index (χ2v) is 5.07. The maximum atomic E-state index is 9.34. The van der Waals surface area contributed by atoms with Gasteiger partial charge in [-0.3, -0.25) is 4.98 Å². The molecule has 18 heavy (non-hydrogen) atoms. The first-order valence-corrected chi connectivity index (χ1v) is 6.31. The van der Waals surface area contributed by atoms with Crippen molar-refractivity contribution in [2.24, 2.45) is 0 Å². The van der Waals surface area contributed by atoms with Crippen LogP contribution in [0.4, 0.5) is 0 Å². The molecule has 2 rings (SSSR count). The van der Waals surface area contributed by atoms with E-state index < -0.39 is 0 Å². The Morgan fingerprint density at radius 3 is 2.22 bits per heavy atom. The number of nitrogens with zero attached hydrogens (tertiary/aromatic N) is 1. The minimum atomic E-state index is -0.00348. The first kappa shape index (κ1) is 13.3. The Morgan fingerprint density at radius 2 is 1.67 bits per heavy atom. The minimum absolute atomic E-state index is 0.00348. The van der Waals surface area contributed by atoms with Crippen molar-refractivity contribution in [3.8, 4) is 11.3 Å². The Morgan fingerprint density at radius 1 is 1.06 bits per heavy atom. The first-order valence-electron chi connectivity index (χ1n) is 5.55. The van der Waals surface area contributed by atoms with Crippen LogP contribution in [-0.4, -0.2) is 10.1 Å². The van der Waals surface area contributed by atoms with Gasteiger partial charge in [0.15, 0.2) is 0 Å². The fourth-order valence-corrected chi connectivity index (χ4v) is 2.34. The fourth-order valence-electron chi connectivity index (χ4n) is 1.82. The van der Waals surface area contributed by atoms with Gasteiger partial charge >= 0.3 is 0 Å². The molecule has 4 heteroatoms. The monoisotopic (exact) mass is 281 g/mol. The van der Waals surface area contributed by atoms with Crippen molar-refractivity contribution < 1.29 is 5.11 Å². The summed E-state index contributed by atoms with van der Waals surface area (Å²) in [5, 5.41) is 10.5. The van der Waals surface area contributed by atoms with Crippen LogP contribution in [-0.2, 0) is 6.61 Å². The molecule has 0 amide bonds. The van der Waals surface area contributed by atoms with Crippen molar-refractivity contribution in [3.63, 3.8) is 0 Å². The average molecular weight is 282 g/mol. The van der Waals surface area contributed by atoms with E-state index in [0.717, 1.165) is 28.1 Å². The van der Waals surface area contributed by atoms with E-state index in [1.54, 1.807) is 6.07 Å². The highest BCUT2D eigenvalue weighted by atomic mass is 35.5. The summed E-state index contributed by atoms with van der Waals surface area (Å²) in [5.74, 6) is 0. The Labute approximate surface area is 116 Å². The lowest BCUT2D eigenvalue weighted by atomic mass is 10.0. The quantitative estimate of drug-likeness (QED) is 0.897. The van der Waals surface area contributed by atoms with Crippen LogP contribution >= 0.6 is 23.2 Å². The molecule has 0 unspecified atom stereocenters. The van der Waals surface area contributed by atoms with Gasteiger partial charge in [0, 0.05) is 21.3 Å². The highest BCUT2D eigenvalue weighted by Gasteiger charge is 2.08. The maximum absolute atomic E-state index is 9.34. The Balaban J connectivity index is 2.60. The number of hydrogen-bond acceptors (Lipinski definition) is 2. The number of halogens is 2. The highest BCUT2D eigenvalue weighted by molar-refractivity contribution is 6.35. The van der Waals surface area contributed by atoms with Crippen molar-refractivity contribution in [2.45, 2.75) is 20.5 Å². The predicted octanol–water partition coefficient (Wildman–Crippen LogP) is 4.16. The number of pyridine rings is 1. The smallest absolute Gasteiger partial charge is 0.0710 e. The number of aryl methyl sites for hydroxylation is 1. The molecular formula is C14H13Cl2NO. The normalized spacial score (nSPS) is 10.7. The zero-order valence-corrected chi connectivity index (χ0v) is 11.7. The molecule has 0 atom stereocenters. The van der Waals surface area contributed by atoms with Crippen LogP contribution in [0, 0.1) is 13.8 Å². The van der Waals surface area contributed by atoms with Gasteiger partial charge in [-0.2, -0.15) is 0 Å². The van der Waals surface area contributed by atoms with Crippen LogP contribution in [0.3, 0.4) is 0 Å². The van der Waals surface area contributed by atoms with E-state index >= 15 is 0 Å². The molecular weight excluding hydrogens is 269 g/mol. The van der Waals surface area contributed by atoms with E-state index in [0.29, 0.717) is 10.0 Å². The Kier molecular flexibility index (Phi) is 3.91. The van der Waals surface area contributed by atoms with Crippen molar-refractivity contribution in [3.05, 3.63) is 51.1 Å². The summed E-state index contributed by atoms with van der Waals surface area (Å²) < 4.78 is 0. The molecule has 0 bridgehead atoms. The summed E-state index contributed by atoms with van der Waals surface area (Å²) in [5.41, 5.74) is 4.40. The summed E-state index contributed by atoms with van der Waals surface area (Å²) in [6.45, 7) is 3.86. The van der Waals surface area contributed by atoms with Gasteiger partial charge in [-0.15, -0.1) is 0 Å². The SMILES string of the molecule is Cc1nc(-c2cc(Cl)cc(Cl)c2)cc(CO)c1C. The van der Waals surface area contributed by atoms with Crippen LogP contribution in [0.5, 0.6) is 0 Å². The molecule has 94 valence electrons. The van der Waals surface area contributed by atoms with Crippen LogP contribution in [0.25, 0.3) is 11.3 Å². The van der Waals surface area contributed by atoms with Crippen LogP contribution in [0.2, 0.25) is 10.0 Å². The lowest BCUT2D eigenvalue weighted by Crippen LogP contribution is -1.97. The standard InChI is InChI=1S/C14H13Cl2NO/c1-8-9(2)17-14(5-11(8)7-18)10-3-12(15)6-13(16)4-10/h3-6,18H,7H2,1-2H3. The molecule has 1 aromatic carbocycles. The molecule has 1 N–H and O–H groups in total. The predicted molar refractivity (Wildman–Crippen MR) is 75.1 cm³/mol. The summed E-state index contributed by atoms with van der Waals surface area (Å²) in [4.78, 5) is 4.51. The molecule has 0 spiro atoms. The van der Waals surface area contributed by atoms with E-state index in [1.807, 2.05) is 32.0 Å². The summed E-state index contributed by atoms with van der Waals surface area (Å²) >= 11 is 12.0. The largest absolute Gasteiger partial charge is 0.392 e. The third kappa shape index (κ3) is 2.66. The van der Waals surface area contributed by atoms with E-state index in [2.05, 4.69) is 4.98 Å². The van der Waals surface area contributed by atoms with E-state index in [1.165, 1.54) is 0 Å². The lowest BCUT2D eigenvalue weighted by molar-refractivity contribution is 0.281. The molecule has 0 aliphatic carbocycles. The third-order valence-electron chi connectivity index (χ3n) is 2.95.